The van der Waals surface area contributed by atoms with E-state index in [9.17, 15) is 4.39 Å². The van der Waals surface area contributed by atoms with Gasteiger partial charge in [0.1, 0.15) is 11.6 Å². The van der Waals surface area contributed by atoms with E-state index in [-0.39, 0.29) is 5.82 Å². The Morgan fingerprint density at radius 1 is 1.25 bits per heavy atom. The highest BCUT2D eigenvalue weighted by Crippen LogP contribution is 2.34. The van der Waals surface area contributed by atoms with Gasteiger partial charge in [-0.05, 0) is 36.8 Å². The smallest absolute Gasteiger partial charge is 0.144 e. The summed E-state index contributed by atoms with van der Waals surface area (Å²) in [5.74, 6) is 0.234. The van der Waals surface area contributed by atoms with E-state index in [0.717, 1.165) is 6.42 Å². The van der Waals surface area contributed by atoms with Crippen LogP contribution in [-0.4, -0.2) is 6.61 Å². The number of anilines is 3. The van der Waals surface area contributed by atoms with Gasteiger partial charge >= 0.3 is 0 Å². The molecule has 2 rings (SSSR count). The SMILES string of the molecule is CCCOc1cccc(Nc2cc(F)ccc2Cl)c1N. The minimum Gasteiger partial charge on any atom is -0.491 e. The Morgan fingerprint density at radius 2 is 2.05 bits per heavy atom. The highest BCUT2D eigenvalue weighted by atomic mass is 35.5. The minimum atomic E-state index is -0.367. The molecule has 0 radical (unpaired) electrons. The first-order valence-corrected chi connectivity index (χ1v) is 6.73. The molecule has 3 N–H and O–H groups in total. The fourth-order valence-corrected chi connectivity index (χ4v) is 1.89. The van der Waals surface area contributed by atoms with Crippen LogP contribution in [0, 0.1) is 5.82 Å². The van der Waals surface area contributed by atoms with Gasteiger partial charge in [-0.2, -0.15) is 0 Å². The van der Waals surface area contributed by atoms with Gasteiger partial charge in [0, 0.05) is 0 Å². The van der Waals surface area contributed by atoms with Gasteiger partial charge in [0.25, 0.3) is 0 Å². The zero-order chi connectivity index (χ0) is 14.5. The number of halogens is 2. The standard InChI is InChI=1S/C15H16ClFN2O/c1-2-8-20-14-5-3-4-12(15(14)18)19-13-9-10(17)6-7-11(13)16/h3-7,9,19H,2,8,18H2,1H3. The summed E-state index contributed by atoms with van der Waals surface area (Å²) in [7, 11) is 0. The first-order valence-electron chi connectivity index (χ1n) is 6.35. The number of para-hydroxylation sites is 1. The minimum absolute atomic E-state index is 0.367. The van der Waals surface area contributed by atoms with E-state index in [0.29, 0.717) is 34.4 Å². The molecule has 3 nitrogen and oxygen atoms in total. The Hall–Kier alpha value is -1.94. The lowest BCUT2D eigenvalue weighted by atomic mass is 10.2. The topological polar surface area (TPSA) is 47.3 Å². The molecular weight excluding hydrogens is 279 g/mol. The number of nitrogen functional groups attached to an aromatic ring is 1. The quantitative estimate of drug-likeness (QED) is 0.793. The van der Waals surface area contributed by atoms with Crippen LogP contribution in [0.2, 0.25) is 5.02 Å². The van der Waals surface area contributed by atoms with Gasteiger partial charge in [-0.3, -0.25) is 0 Å². The van der Waals surface area contributed by atoms with Crippen molar-refractivity contribution < 1.29 is 9.13 Å². The molecule has 5 heteroatoms. The third kappa shape index (κ3) is 3.33. The van der Waals surface area contributed by atoms with Crippen LogP contribution >= 0.6 is 11.6 Å². The fraction of sp³-hybridized carbons (Fsp3) is 0.200. The lowest BCUT2D eigenvalue weighted by Gasteiger charge is -2.14. The van der Waals surface area contributed by atoms with Crippen molar-refractivity contribution in [1.29, 1.82) is 0 Å². The van der Waals surface area contributed by atoms with Crippen molar-refractivity contribution in [2.24, 2.45) is 0 Å². The third-order valence-corrected chi connectivity index (χ3v) is 3.06. The van der Waals surface area contributed by atoms with Crippen LogP contribution in [0.4, 0.5) is 21.5 Å². The van der Waals surface area contributed by atoms with Crippen molar-refractivity contribution in [3.8, 4) is 5.75 Å². The number of hydrogen-bond donors (Lipinski definition) is 2. The normalized spacial score (nSPS) is 10.3. The average molecular weight is 295 g/mol. The van der Waals surface area contributed by atoms with Gasteiger partial charge in [0.05, 0.1) is 28.7 Å². The van der Waals surface area contributed by atoms with Crippen LogP contribution in [0.25, 0.3) is 0 Å². The zero-order valence-corrected chi connectivity index (χ0v) is 11.9. The van der Waals surface area contributed by atoms with E-state index in [2.05, 4.69) is 5.32 Å². The maximum atomic E-state index is 13.2. The second-order valence-corrected chi connectivity index (χ2v) is 4.72. The van der Waals surface area contributed by atoms with Gasteiger partial charge in [0.2, 0.25) is 0 Å². The molecule has 0 fully saturated rings. The largest absolute Gasteiger partial charge is 0.491 e. The summed E-state index contributed by atoms with van der Waals surface area (Å²) >= 11 is 6.02. The van der Waals surface area contributed by atoms with Crippen molar-refractivity contribution in [2.45, 2.75) is 13.3 Å². The molecule has 0 saturated carbocycles. The molecule has 0 saturated heterocycles. The molecule has 0 bridgehead atoms. The Labute approximate surface area is 122 Å². The van der Waals surface area contributed by atoms with Gasteiger partial charge in [-0.25, -0.2) is 4.39 Å². The molecule has 106 valence electrons. The summed E-state index contributed by atoms with van der Waals surface area (Å²) in [6.45, 7) is 2.61. The van der Waals surface area contributed by atoms with Crippen molar-refractivity contribution in [3.63, 3.8) is 0 Å². The van der Waals surface area contributed by atoms with Gasteiger partial charge in [-0.1, -0.05) is 24.6 Å². The highest BCUT2D eigenvalue weighted by Gasteiger charge is 2.08. The number of nitrogens with two attached hydrogens (primary N) is 1. The summed E-state index contributed by atoms with van der Waals surface area (Å²) in [6.07, 6.45) is 0.896. The van der Waals surface area contributed by atoms with E-state index >= 15 is 0 Å². The molecule has 0 amide bonds. The number of benzene rings is 2. The summed E-state index contributed by atoms with van der Waals surface area (Å²) in [6, 6.07) is 9.52. The molecular formula is C15H16ClFN2O. The molecule has 2 aromatic rings. The van der Waals surface area contributed by atoms with Crippen LogP contribution in [0.5, 0.6) is 5.75 Å². The molecule has 0 aliphatic carbocycles. The third-order valence-electron chi connectivity index (χ3n) is 2.73. The maximum absolute atomic E-state index is 13.2. The predicted octanol–water partition coefficient (Wildman–Crippen LogP) is 4.59. The van der Waals surface area contributed by atoms with Gasteiger partial charge in [0.15, 0.2) is 0 Å². The molecule has 20 heavy (non-hydrogen) atoms. The molecule has 2 aromatic carbocycles. The van der Waals surface area contributed by atoms with Crippen molar-refractivity contribution in [3.05, 3.63) is 47.2 Å². The molecule has 0 atom stereocenters. The van der Waals surface area contributed by atoms with E-state index < -0.39 is 0 Å². The van der Waals surface area contributed by atoms with Crippen molar-refractivity contribution >= 4 is 28.7 Å². The van der Waals surface area contributed by atoms with Crippen LogP contribution in [0.3, 0.4) is 0 Å². The van der Waals surface area contributed by atoms with E-state index in [4.69, 9.17) is 22.1 Å². The summed E-state index contributed by atoms with van der Waals surface area (Å²) < 4.78 is 18.8. The Morgan fingerprint density at radius 3 is 2.80 bits per heavy atom. The lowest BCUT2D eigenvalue weighted by Crippen LogP contribution is -2.02. The second-order valence-electron chi connectivity index (χ2n) is 4.32. The molecule has 0 spiro atoms. The monoisotopic (exact) mass is 294 g/mol. The van der Waals surface area contributed by atoms with Crippen molar-refractivity contribution in [2.75, 3.05) is 17.7 Å². The number of ether oxygens (including phenoxy) is 1. The van der Waals surface area contributed by atoms with E-state index in [1.165, 1.54) is 18.2 Å². The molecule has 0 aliphatic heterocycles. The van der Waals surface area contributed by atoms with Crippen LogP contribution in [0.15, 0.2) is 36.4 Å². The molecule has 0 heterocycles. The van der Waals surface area contributed by atoms with Crippen LogP contribution in [-0.2, 0) is 0 Å². The summed E-state index contributed by atoms with van der Waals surface area (Å²) in [5, 5.41) is 3.44. The van der Waals surface area contributed by atoms with Gasteiger partial charge < -0.3 is 15.8 Å². The number of hydrogen-bond acceptors (Lipinski definition) is 3. The van der Waals surface area contributed by atoms with E-state index in [1.54, 1.807) is 12.1 Å². The lowest BCUT2D eigenvalue weighted by molar-refractivity contribution is 0.319. The van der Waals surface area contributed by atoms with Crippen LogP contribution in [0.1, 0.15) is 13.3 Å². The second kappa shape index (κ2) is 6.48. The van der Waals surface area contributed by atoms with Gasteiger partial charge in [-0.15, -0.1) is 0 Å². The number of rotatable bonds is 5. The number of nitrogens with one attached hydrogen (secondary N) is 1. The Bertz CT molecular complexity index is 604. The van der Waals surface area contributed by atoms with Crippen LogP contribution < -0.4 is 15.8 Å². The Kier molecular flexibility index (Phi) is 4.69. The molecule has 0 unspecified atom stereocenters. The first kappa shape index (κ1) is 14.5. The zero-order valence-electron chi connectivity index (χ0n) is 11.1. The summed E-state index contributed by atoms with van der Waals surface area (Å²) in [5.41, 5.74) is 7.60. The molecule has 0 aromatic heterocycles. The van der Waals surface area contributed by atoms with E-state index in [1.807, 2.05) is 13.0 Å². The highest BCUT2D eigenvalue weighted by molar-refractivity contribution is 6.33. The first-order chi connectivity index (χ1) is 9.61. The average Bonchev–Trinajstić information content (AvgIpc) is 2.44. The molecule has 0 aliphatic rings. The predicted molar refractivity (Wildman–Crippen MR) is 81.3 cm³/mol. The van der Waals surface area contributed by atoms with Crippen molar-refractivity contribution in [1.82, 2.24) is 0 Å². The maximum Gasteiger partial charge on any atom is 0.144 e. The fourth-order valence-electron chi connectivity index (χ4n) is 1.73. The Balaban J connectivity index is 2.27. The summed E-state index contributed by atoms with van der Waals surface area (Å²) in [4.78, 5) is 0.